The first-order chi connectivity index (χ1) is 12.1. The molecule has 1 atom stereocenters. The third kappa shape index (κ3) is 5.55. The molecule has 0 unspecified atom stereocenters. The van der Waals surface area contributed by atoms with Crippen LogP contribution < -0.4 is 16.2 Å². The lowest BCUT2D eigenvalue weighted by molar-refractivity contribution is -0.395. The number of hydrogen-bond donors (Lipinski definition) is 2. The van der Waals surface area contributed by atoms with E-state index in [2.05, 4.69) is 28.2 Å². The Bertz CT molecular complexity index is 656. The standard InChI is InChI=1S/C15H21N3O.C2HF3O2/c1-3-15(4-2)14(19)17-13(18-15)12(16)10-11-8-6-5-7-9-11;3-2(4,5)1(6)7/h5-9,12H,3-4,10,16H2,1-2H3,(H,17,18,19);(H,6,7)/t12-;/m0./s1. The van der Waals surface area contributed by atoms with Crippen LogP contribution in [-0.4, -0.2) is 35.5 Å². The van der Waals surface area contributed by atoms with Gasteiger partial charge in [-0.05, 0) is 18.4 Å². The second-order valence-corrected chi connectivity index (χ2v) is 5.86. The summed E-state index contributed by atoms with van der Waals surface area (Å²) in [6, 6.07) is 10.2. The molecule has 0 spiro atoms. The second kappa shape index (κ2) is 8.79. The predicted octanol–water partition coefficient (Wildman–Crippen LogP) is 0.225. The van der Waals surface area contributed by atoms with Crippen molar-refractivity contribution in [2.45, 2.75) is 50.9 Å². The lowest BCUT2D eigenvalue weighted by Gasteiger charge is -2.18. The SMILES string of the molecule is CCC1(CC)N=C([C@@H]([NH3+])Cc2ccccc2)NC1=O.O=C([O-])C(F)(F)F. The lowest BCUT2D eigenvalue weighted by atomic mass is 9.94. The van der Waals surface area contributed by atoms with Crippen molar-refractivity contribution in [1.82, 2.24) is 5.32 Å². The fraction of sp³-hybridized carbons (Fsp3) is 0.471. The van der Waals surface area contributed by atoms with Crippen molar-refractivity contribution in [1.29, 1.82) is 0 Å². The molecule has 4 N–H and O–H groups in total. The van der Waals surface area contributed by atoms with Gasteiger partial charge in [0, 0.05) is 6.42 Å². The van der Waals surface area contributed by atoms with E-state index in [-0.39, 0.29) is 11.9 Å². The fourth-order valence-electron chi connectivity index (χ4n) is 2.46. The Balaban J connectivity index is 0.000000412. The van der Waals surface area contributed by atoms with Crippen LogP contribution in [0.1, 0.15) is 32.3 Å². The van der Waals surface area contributed by atoms with Gasteiger partial charge in [-0.2, -0.15) is 13.2 Å². The van der Waals surface area contributed by atoms with Crippen LogP contribution in [-0.2, 0) is 16.0 Å². The quantitative estimate of drug-likeness (QED) is 0.771. The topological polar surface area (TPSA) is 109 Å². The molecule has 144 valence electrons. The molecule has 1 aliphatic rings. The minimum absolute atomic E-state index is 0.00803. The van der Waals surface area contributed by atoms with Gasteiger partial charge >= 0.3 is 6.18 Å². The maximum atomic E-state index is 12.1. The summed E-state index contributed by atoms with van der Waals surface area (Å²) in [6.45, 7) is 4.01. The van der Waals surface area contributed by atoms with E-state index in [0.29, 0.717) is 0 Å². The van der Waals surface area contributed by atoms with E-state index in [4.69, 9.17) is 9.90 Å². The van der Waals surface area contributed by atoms with E-state index in [1.165, 1.54) is 5.56 Å². The van der Waals surface area contributed by atoms with Crippen LogP contribution in [0.2, 0.25) is 0 Å². The summed E-state index contributed by atoms with van der Waals surface area (Å²) in [5, 5.41) is 11.7. The smallest absolute Gasteiger partial charge is 0.430 e. The van der Waals surface area contributed by atoms with Crippen LogP contribution >= 0.6 is 0 Å². The van der Waals surface area contributed by atoms with Crippen LogP contribution in [0.25, 0.3) is 0 Å². The Kier molecular flexibility index (Phi) is 7.31. The zero-order valence-electron chi connectivity index (χ0n) is 14.6. The molecule has 1 heterocycles. The third-order valence-corrected chi connectivity index (χ3v) is 4.11. The van der Waals surface area contributed by atoms with E-state index in [1.807, 2.05) is 32.0 Å². The molecule has 1 amide bonds. The molecule has 1 aliphatic heterocycles. The maximum absolute atomic E-state index is 12.1. The summed E-state index contributed by atoms with van der Waals surface area (Å²) in [5.74, 6) is -2.25. The number of hydrogen-bond acceptors (Lipinski definition) is 4. The highest BCUT2D eigenvalue weighted by Crippen LogP contribution is 2.25. The number of carbonyl (C=O) groups is 2. The van der Waals surface area contributed by atoms with Gasteiger partial charge in [-0.25, -0.2) is 0 Å². The number of alkyl halides is 3. The summed E-state index contributed by atoms with van der Waals surface area (Å²) in [7, 11) is 0. The van der Waals surface area contributed by atoms with E-state index in [1.54, 1.807) is 0 Å². The Morgan fingerprint density at radius 1 is 1.27 bits per heavy atom. The van der Waals surface area contributed by atoms with Gasteiger partial charge in [-0.15, -0.1) is 0 Å². The Hall–Kier alpha value is -2.42. The average molecular weight is 373 g/mol. The molecule has 26 heavy (non-hydrogen) atoms. The summed E-state index contributed by atoms with van der Waals surface area (Å²) >= 11 is 0. The van der Waals surface area contributed by atoms with Crippen LogP contribution in [0, 0.1) is 0 Å². The fourth-order valence-corrected chi connectivity index (χ4v) is 2.46. The zero-order chi connectivity index (χ0) is 20.0. The third-order valence-electron chi connectivity index (χ3n) is 4.11. The molecule has 1 aromatic rings. The Morgan fingerprint density at radius 2 is 1.77 bits per heavy atom. The van der Waals surface area contributed by atoms with Gasteiger partial charge in [0.1, 0.15) is 17.6 Å². The number of carboxylic acids is 1. The predicted molar refractivity (Wildman–Crippen MR) is 86.8 cm³/mol. The van der Waals surface area contributed by atoms with Gasteiger partial charge in [0.25, 0.3) is 5.91 Å². The summed E-state index contributed by atoms with van der Waals surface area (Å²) in [6.07, 6.45) is -2.93. The lowest BCUT2D eigenvalue weighted by Crippen LogP contribution is -2.68. The van der Waals surface area contributed by atoms with Gasteiger partial charge in [0.15, 0.2) is 5.84 Å². The van der Waals surface area contributed by atoms with Gasteiger partial charge in [0.05, 0.1) is 0 Å². The highest BCUT2D eigenvalue weighted by Gasteiger charge is 2.42. The van der Waals surface area contributed by atoms with Crippen molar-refractivity contribution in [2.75, 3.05) is 0 Å². The Labute approximate surface area is 149 Å². The van der Waals surface area contributed by atoms with E-state index in [9.17, 15) is 18.0 Å². The normalized spacial score (nSPS) is 16.8. The number of aliphatic imine (C=N–C) groups is 1. The summed E-state index contributed by atoms with van der Waals surface area (Å²) in [5.41, 5.74) is 4.78. The number of quaternary nitrogens is 1. The van der Waals surface area contributed by atoms with Crippen LogP contribution in [0.4, 0.5) is 13.2 Å². The molecular formula is C17H22F3N3O3. The number of nitrogens with one attached hydrogen (secondary N) is 1. The van der Waals surface area contributed by atoms with Crippen molar-refractivity contribution >= 4 is 17.7 Å². The number of benzene rings is 1. The van der Waals surface area contributed by atoms with Crippen LogP contribution in [0.15, 0.2) is 35.3 Å². The number of carboxylic acid groups (broad SMARTS) is 1. The zero-order valence-corrected chi connectivity index (χ0v) is 14.6. The monoisotopic (exact) mass is 373 g/mol. The van der Waals surface area contributed by atoms with E-state index >= 15 is 0 Å². The molecule has 0 bridgehead atoms. The molecule has 2 rings (SSSR count). The first-order valence-electron chi connectivity index (χ1n) is 8.12. The van der Waals surface area contributed by atoms with Crippen molar-refractivity contribution in [3.05, 3.63) is 35.9 Å². The molecule has 0 fully saturated rings. The minimum Gasteiger partial charge on any atom is -0.542 e. The molecule has 9 heteroatoms. The number of aliphatic carboxylic acids is 1. The Morgan fingerprint density at radius 3 is 2.15 bits per heavy atom. The highest BCUT2D eigenvalue weighted by atomic mass is 19.4. The van der Waals surface area contributed by atoms with Crippen molar-refractivity contribution < 1.29 is 33.6 Å². The van der Waals surface area contributed by atoms with E-state index < -0.39 is 17.7 Å². The van der Waals surface area contributed by atoms with Crippen LogP contribution in [0.3, 0.4) is 0 Å². The molecule has 0 radical (unpaired) electrons. The molecule has 0 saturated heterocycles. The number of nitrogens with zero attached hydrogens (tertiary/aromatic N) is 1. The molecule has 0 saturated carbocycles. The largest absolute Gasteiger partial charge is 0.542 e. The molecule has 0 aromatic heterocycles. The summed E-state index contributed by atoms with van der Waals surface area (Å²) < 4.78 is 31.5. The average Bonchev–Trinajstić information content (AvgIpc) is 2.93. The van der Waals surface area contributed by atoms with Crippen LogP contribution in [0.5, 0.6) is 0 Å². The number of carbonyl (C=O) groups excluding carboxylic acids is 2. The van der Waals surface area contributed by atoms with Crippen molar-refractivity contribution in [3.63, 3.8) is 0 Å². The van der Waals surface area contributed by atoms with E-state index in [0.717, 1.165) is 25.1 Å². The van der Waals surface area contributed by atoms with Gasteiger partial charge < -0.3 is 21.0 Å². The first-order valence-corrected chi connectivity index (χ1v) is 8.12. The van der Waals surface area contributed by atoms with Gasteiger partial charge in [-0.3, -0.25) is 9.79 Å². The maximum Gasteiger partial charge on any atom is 0.430 e. The van der Waals surface area contributed by atoms with Gasteiger partial charge in [-0.1, -0.05) is 44.2 Å². The highest BCUT2D eigenvalue weighted by molar-refractivity contribution is 6.09. The molecular weight excluding hydrogens is 351 g/mol. The number of halogens is 3. The summed E-state index contributed by atoms with van der Waals surface area (Å²) in [4.78, 5) is 25.5. The first kappa shape index (κ1) is 21.6. The molecule has 6 nitrogen and oxygen atoms in total. The van der Waals surface area contributed by atoms with Gasteiger partial charge in [0.2, 0.25) is 0 Å². The van der Waals surface area contributed by atoms with Crippen molar-refractivity contribution in [2.24, 2.45) is 4.99 Å². The van der Waals surface area contributed by atoms with Crippen molar-refractivity contribution in [3.8, 4) is 0 Å². The number of amides is 1. The number of rotatable bonds is 5. The second-order valence-electron chi connectivity index (χ2n) is 5.86. The molecule has 0 aliphatic carbocycles. The minimum atomic E-state index is -5.19. The molecule has 1 aromatic carbocycles. The number of amidine groups is 1.